The molecule has 1 N–H and O–H groups in total. The van der Waals surface area contributed by atoms with Crippen LogP contribution in [0.2, 0.25) is 0 Å². The number of aryl methyl sites for hydroxylation is 1. The van der Waals surface area contributed by atoms with Crippen LogP contribution in [0, 0.1) is 6.92 Å². The summed E-state index contributed by atoms with van der Waals surface area (Å²) in [5.74, 6) is 0.959. The molecule has 0 aliphatic carbocycles. The molecule has 0 saturated heterocycles. The van der Waals surface area contributed by atoms with Crippen molar-refractivity contribution in [3.05, 3.63) is 65.7 Å². The van der Waals surface area contributed by atoms with Crippen molar-refractivity contribution in [3.63, 3.8) is 0 Å². The van der Waals surface area contributed by atoms with Gasteiger partial charge in [0, 0.05) is 19.4 Å². The fourth-order valence-electron chi connectivity index (χ4n) is 2.27. The van der Waals surface area contributed by atoms with Gasteiger partial charge in [0.2, 0.25) is 5.91 Å². The van der Waals surface area contributed by atoms with E-state index in [-0.39, 0.29) is 12.0 Å². The van der Waals surface area contributed by atoms with Gasteiger partial charge in [0.05, 0.1) is 0 Å². The SMILES string of the molecule is CCC(=O)NCCC(Oc1ccccc1C)c1ccccc1. The van der Waals surface area contributed by atoms with Crippen molar-refractivity contribution in [1.29, 1.82) is 0 Å². The van der Waals surface area contributed by atoms with Crippen molar-refractivity contribution in [2.75, 3.05) is 6.54 Å². The normalized spacial score (nSPS) is 11.7. The third kappa shape index (κ3) is 4.62. The first-order valence-corrected chi connectivity index (χ1v) is 7.74. The highest BCUT2D eigenvalue weighted by Gasteiger charge is 2.14. The van der Waals surface area contributed by atoms with Crippen LogP contribution in [0.15, 0.2) is 54.6 Å². The van der Waals surface area contributed by atoms with E-state index in [4.69, 9.17) is 4.74 Å². The van der Waals surface area contributed by atoms with E-state index in [1.807, 2.05) is 56.3 Å². The zero-order chi connectivity index (χ0) is 15.8. The van der Waals surface area contributed by atoms with E-state index < -0.39 is 0 Å². The fraction of sp³-hybridized carbons (Fsp3) is 0.316. The average Bonchev–Trinajstić information content (AvgIpc) is 2.56. The lowest BCUT2D eigenvalue weighted by molar-refractivity contribution is -0.120. The molecule has 0 spiro atoms. The summed E-state index contributed by atoms with van der Waals surface area (Å²) in [4.78, 5) is 11.4. The molecular weight excluding hydrogens is 274 g/mol. The Morgan fingerprint density at radius 2 is 1.77 bits per heavy atom. The number of carbonyl (C=O) groups excluding carboxylic acids is 1. The van der Waals surface area contributed by atoms with Crippen LogP contribution >= 0.6 is 0 Å². The van der Waals surface area contributed by atoms with Gasteiger partial charge in [0.25, 0.3) is 0 Å². The van der Waals surface area contributed by atoms with Gasteiger partial charge in [-0.3, -0.25) is 4.79 Å². The van der Waals surface area contributed by atoms with Gasteiger partial charge in [-0.15, -0.1) is 0 Å². The minimum atomic E-state index is -0.0699. The molecule has 1 atom stereocenters. The summed E-state index contributed by atoms with van der Waals surface area (Å²) >= 11 is 0. The van der Waals surface area contributed by atoms with Crippen LogP contribution in [0.4, 0.5) is 0 Å². The van der Waals surface area contributed by atoms with Crippen molar-refractivity contribution in [1.82, 2.24) is 5.32 Å². The van der Waals surface area contributed by atoms with Crippen LogP contribution in [-0.4, -0.2) is 12.5 Å². The van der Waals surface area contributed by atoms with E-state index >= 15 is 0 Å². The first-order valence-electron chi connectivity index (χ1n) is 7.74. The molecule has 2 aromatic carbocycles. The van der Waals surface area contributed by atoms with E-state index in [1.54, 1.807) is 0 Å². The van der Waals surface area contributed by atoms with Gasteiger partial charge in [-0.2, -0.15) is 0 Å². The summed E-state index contributed by atoms with van der Waals surface area (Å²) in [7, 11) is 0. The Hall–Kier alpha value is -2.29. The maximum absolute atomic E-state index is 11.4. The molecule has 0 radical (unpaired) electrons. The molecule has 0 bridgehead atoms. The van der Waals surface area contributed by atoms with Gasteiger partial charge >= 0.3 is 0 Å². The van der Waals surface area contributed by atoms with Gasteiger partial charge in [0.1, 0.15) is 11.9 Å². The quantitative estimate of drug-likeness (QED) is 0.838. The highest BCUT2D eigenvalue weighted by atomic mass is 16.5. The van der Waals surface area contributed by atoms with Crippen LogP contribution in [0.25, 0.3) is 0 Å². The van der Waals surface area contributed by atoms with Crippen LogP contribution in [0.3, 0.4) is 0 Å². The van der Waals surface area contributed by atoms with Crippen LogP contribution in [0.1, 0.15) is 37.0 Å². The molecule has 22 heavy (non-hydrogen) atoms. The molecule has 1 amide bonds. The molecule has 0 aromatic heterocycles. The molecule has 3 nitrogen and oxygen atoms in total. The molecule has 0 saturated carbocycles. The summed E-state index contributed by atoms with van der Waals surface area (Å²) < 4.78 is 6.20. The van der Waals surface area contributed by atoms with Gasteiger partial charge in [0.15, 0.2) is 0 Å². The fourth-order valence-corrected chi connectivity index (χ4v) is 2.27. The molecule has 3 heteroatoms. The molecule has 2 rings (SSSR count). The standard InChI is InChI=1S/C19H23NO2/c1-3-19(21)20-14-13-18(16-10-5-4-6-11-16)22-17-12-8-7-9-15(17)2/h4-12,18H,3,13-14H2,1-2H3,(H,20,21). The number of hydrogen-bond acceptors (Lipinski definition) is 2. The zero-order valence-electron chi connectivity index (χ0n) is 13.2. The molecule has 0 aliphatic rings. The third-order valence-electron chi connectivity index (χ3n) is 3.58. The van der Waals surface area contributed by atoms with Gasteiger partial charge < -0.3 is 10.1 Å². The second kappa shape index (κ2) is 8.23. The predicted octanol–water partition coefficient (Wildman–Crippen LogP) is 4.03. The number of rotatable bonds is 7. The van der Waals surface area contributed by atoms with E-state index in [0.29, 0.717) is 13.0 Å². The lowest BCUT2D eigenvalue weighted by Gasteiger charge is -2.21. The Labute approximate surface area is 132 Å². The number of hydrogen-bond donors (Lipinski definition) is 1. The Balaban J connectivity index is 2.08. The molecule has 116 valence electrons. The second-order valence-electron chi connectivity index (χ2n) is 5.27. The van der Waals surface area contributed by atoms with Crippen LogP contribution in [-0.2, 0) is 4.79 Å². The number of nitrogens with one attached hydrogen (secondary N) is 1. The Kier molecular flexibility index (Phi) is 6.01. The lowest BCUT2D eigenvalue weighted by Crippen LogP contribution is -2.25. The maximum atomic E-state index is 11.4. The zero-order valence-corrected chi connectivity index (χ0v) is 13.2. The first-order chi connectivity index (χ1) is 10.7. The van der Waals surface area contributed by atoms with Crippen molar-refractivity contribution in [2.45, 2.75) is 32.8 Å². The first kappa shape index (κ1) is 16.1. The number of para-hydroxylation sites is 1. The number of ether oxygens (including phenoxy) is 1. The average molecular weight is 297 g/mol. The molecule has 1 unspecified atom stereocenters. The van der Waals surface area contributed by atoms with Gasteiger partial charge in [-0.1, -0.05) is 55.5 Å². The number of amides is 1. The highest BCUT2D eigenvalue weighted by molar-refractivity contribution is 5.75. The van der Waals surface area contributed by atoms with Crippen molar-refractivity contribution < 1.29 is 9.53 Å². The summed E-state index contributed by atoms with van der Waals surface area (Å²) in [6, 6.07) is 18.1. The summed E-state index contributed by atoms with van der Waals surface area (Å²) in [6.45, 7) is 4.50. The summed E-state index contributed by atoms with van der Waals surface area (Å²) in [6.07, 6.45) is 1.18. The molecule has 2 aromatic rings. The van der Waals surface area contributed by atoms with Crippen molar-refractivity contribution in [3.8, 4) is 5.75 Å². The predicted molar refractivity (Wildman–Crippen MR) is 88.9 cm³/mol. The topological polar surface area (TPSA) is 38.3 Å². The Bertz CT molecular complexity index is 595. The Morgan fingerprint density at radius 3 is 2.45 bits per heavy atom. The second-order valence-corrected chi connectivity index (χ2v) is 5.27. The van der Waals surface area contributed by atoms with Crippen molar-refractivity contribution >= 4 is 5.91 Å². The smallest absolute Gasteiger partial charge is 0.219 e. The van der Waals surface area contributed by atoms with E-state index in [1.165, 1.54) is 0 Å². The highest BCUT2D eigenvalue weighted by Crippen LogP contribution is 2.26. The molecule has 0 heterocycles. The largest absolute Gasteiger partial charge is 0.485 e. The molecule has 0 fully saturated rings. The minimum absolute atomic E-state index is 0.0699. The van der Waals surface area contributed by atoms with E-state index in [9.17, 15) is 4.79 Å². The van der Waals surface area contributed by atoms with Crippen LogP contribution in [0.5, 0.6) is 5.75 Å². The maximum Gasteiger partial charge on any atom is 0.219 e. The van der Waals surface area contributed by atoms with Gasteiger partial charge in [-0.25, -0.2) is 0 Å². The van der Waals surface area contributed by atoms with E-state index in [2.05, 4.69) is 17.4 Å². The monoisotopic (exact) mass is 297 g/mol. The summed E-state index contributed by atoms with van der Waals surface area (Å²) in [5.41, 5.74) is 2.23. The van der Waals surface area contributed by atoms with Crippen LogP contribution < -0.4 is 10.1 Å². The van der Waals surface area contributed by atoms with Crippen molar-refractivity contribution in [2.24, 2.45) is 0 Å². The minimum Gasteiger partial charge on any atom is -0.485 e. The van der Waals surface area contributed by atoms with E-state index in [0.717, 1.165) is 23.3 Å². The third-order valence-corrected chi connectivity index (χ3v) is 3.58. The molecular formula is C19H23NO2. The molecule has 0 aliphatic heterocycles. The Morgan fingerprint density at radius 1 is 1.09 bits per heavy atom. The number of carbonyl (C=O) groups is 1. The lowest BCUT2D eigenvalue weighted by atomic mass is 10.1. The van der Waals surface area contributed by atoms with Gasteiger partial charge in [-0.05, 0) is 24.1 Å². The summed E-state index contributed by atoms with van der Waals surface area (Å²) in [5, 5.41) is 2.91. The number of benzene rings is 2.